The average Bonchev–Trinajstić information content (AvgIpc) is 3.74. The highest BCUT2D eigenvalue weighted by Crippen LogP contribution is 2.51. The van der Waals surface area contributed by atoms with Gasteiger partial charge in [0.15, 0.2) is 0 Å². The molecule has 0 saturated heterocycles. The Morgan fingerprint density at radius 1 is 0.400 bits per heavy atom. The molecule has 1 aromatic heterocycles. The number of hydrogen-bond donors (Lipinski definition) is 0. The standard InChI is InChI=1S/C53H37NO/c1-53(2)48-16-8-7-14-45(48)47-33-42(29-31-49(47)53)54(40-25-20-35(21-26-40)39-19-18-34-10-3-4-12-38(34)32-39)41-27-22-37(23-28-41)43-15-9-17-50-51(43)46-30-24-36-11-5-6-13-44(36)52(46)55-50/h3-33H,1-2H3. The van der Waals surface area contributed by atoms with Crippen molar-refractivity contribution in [1.29, 1.82) is 0 Å². The maximum Gasteiger partial charge on any atom is 0.143 e. The molecule has 11 rings (SSSR count). The molecular weight excluding hydrogens is 667 g/mol. The number of nitrogens with zero attached hydrogens (tertiary/aromatic N) is 1. The fourth-order valence-electron chi connectivity index (χ4n) is 9.05. The van der Waals surface area contributed by atoms with Crippen molar-refractivity contribution >= 4 is 60.5 Å². The molecular formula is C53H37NO. The third-order valence-electron chi connectivity index (χ3n) is 11.9. The maximum atomic E-state index is 6.54. The molecule has 1 aliphatic rings. The van der Waals surface area contributed by atoms with Gasteiger partial charge in [-0.25, -0.2) is 0 Å². The second-order valence-electron chi connectivity index (χ2n) is 15.3. The summed E-state index contributed by atoms with van der Waals surface area (Å²) >= 11 is 0. The topological polar surface area (TPSA) is 16.4 Å². The average molecular weight is 704 g/mol. The van der Waals surface area contributed by atoms with Gasteiger partial charge in [-0.05, 0) is 115 Å². The first kappa shape index (κ1) is 31.6. The van der Waals surface area contributed by atoms with Crippen LogP contribution in [0.1, 0.15) is 25.0 Å². The number of hydrogen-bond acceptors (Lipinski definition) is 2. The Balaban J connectivity index is 1.03. The van der Waals surface area contributed by atoms with E-state index in [-0.39, 0.29) is 5.41 Å². The van der Waals surface area contributed by atoms with Crippen LogP contribution in [0.25, 0.3) is 76.9 Å². The highest BCUT2D eigenvalue weighted by molar-refractivity contribution is 6.19. The van der Waals surface area contributed by atoms with E-state index >= 15 is 0 Å². The van der Waals surface area contributed by atoms with E-state index in [2.05, 4.69) is 207 Å². The fraction of sp³-hybridized carbons (Fsp3) is 0.0566. The molecule has 0 N–H and O–H groups in total. The molecule has 0 fully saturated rings. The van der Waals surface area contributed by atoms with Crippen molar-refractivity contribution in [1.82, 2.24) is 0 Å². The van der Waals surface area contributed by atoms with E-state index in [1.54, 1.807) is 0 Å². The molecule has 0 saturated carbocycles. The van der Waals surface area contributed by atoms with Gasteiger partial charge in [-0.15, -0.1) is 0 Å². The zero-order valence-electron chi connectivity index (χ0n) is 30.8. The van der Waals surface area contributed by atoms with E-state index in [1.165, 1.54) is 55.1 Å². The smallest absolute Gasteiger partial charge is 0.143 e. The molecule has 0 atom stereocenters. The Bertz CT molecular complexity index is 3110. The molecule has 1 heterocycles. The maximum absolute atomic E-state index is 6.54. The number of fused-ring (bicyclic) bond motifs is 9. The normalized spacial score (nSPS) is 13.1. The summed E-state index contributed by atoms with van der Waals surface area (Å²) in [5.74, 6) is 0. The molecule has 9 aromatic carbocycles. The molecule has 1 aliphatic carbocycles. The third kappa shape index (κ3) is 4.95. The van der Waals surface area contributed by atoms with Crippen LogP contribution in [0.4, 0.5) is 17.1 Å². The Morgan fingerprint density at radius 2 is 1.02 bits per heavy atom. The van der Waals surface area contributed by atoms with Gasteiger partial charge in [0.1, 0.15) is 11.2 Å². The molecule has 260 valence electrons. The highest BCUT2D eigenvalue weighted by Gasteiger charge is 2.35. The minimum atomic E-state index is -0.0526. The van der Waals surface area contributed by atoms with Crippen LogP contribution in [0, 0.1) is 0 Å². The predicted molar refractivity (Wildman–Crippen MR) is 232 cm³/mol. The molecule has 0 aliphatic heterocycles. The molecule has 55 heavy (non-hydrogen) atoms. The second-order valence-corrected chi connectivity index (χ2v) is 15.3. The van der Waals surface area contributed by atoms with E-state index < -0.39 is 0 Å². The van der Waals surface area contributed by atoms with Gasteiger partial charge in [0.05, 0.1) is 0 Å². The molecule has 0 bridgehead atoms. The Kier molecular flexibility index (Phi) is 6.93. The van der Waals surface area contributed by atoms with Crippen molar-refractivity contribution in [2.24, 2.45) is 0 Å². The minimum absolute atomic E-state index is 0.0526. The van der Waals surface area contributed by atoms with E-state index in [0.29, 0.717) is 0 Å². The molecule has 0 spiro atoms. The lowest BCUT2D eigenvalue weighted by atomic mass is 9.82. The summed E-state index contributed by atoms with van der Waals surface area (Å²) in [6.45, 7) is 4.68. The summed E-state index contributed by atoms with van der Waals surface area (Å²) in [7, 11) is 0. The first-order valence-electron chi connectivity index (χ1n) is 19.1. The van der Waals surface area contributed by atoms with Gasteiger partial charge in [-0.3, -0.25) is 0 Å². The summed E-state index contributed by atoms with van der Waals surface area (Å²) in [6, 6.07) is 68.5. The van der Waals surface area contributed by atoms with E-state index in [9.17, 15) is 0 Å². The molecule has 10 aromatic rings. The van der Waals surface area contributed by atoms with Crippen LogP contribution in [0.2, 0.25) is 0 Å². The van der Waals surface area contributed by atoms with Crippen molar-refractivity contribution < 1.29 is 4.42 Å². The highest BCUT2D eigenvalue weighted by atomic mass is 16.3. The lowest BCUT2D eigenvalue weighted by Crippen LogP contribution is -2.15. The lowest BCUT2D eigenvalue weighted by Gasteiger charge is -2.27. The van der Waals surface area contributed by atoms with Gasteiger partial charge in [-0.2, -0.15) is 0 Å². The predicted octanol–water partition coefficient (Wildman–Crippen LogP) is 15.0. The molecule has 0 amide bonds. The minimum Gasteiger partial charge on any atom is -0.455 e. The van der Waals surface area contributed by atoms with Crippen LogP contribution in [-0.4, -0.2) is 0 Å². The second kappa shape index (κ2) is 12.1. The van der Waals surface area contributed by atoms with Crippen molar-refractivity contribution in [3.05, 3.63) is 199 Å². The van der Waals surface area contributed by atoms with Crippen LogP contribution in [0.5, 0.6) is 0 Å². The monoisotopic (exact) mass is 703 g/mol. The number of benzene rings is 9. The Morgan fingerprint density at radius 3 is 1.84 bits per heavy atom. The van der Waals surface area contributed by atoms with Crippen molar-refractivity contribution in [3.8, 4) is 33.4 Å². The van der Waals surface area contributed by atoms with E-state index in [1.807, 2.05) is 0 Å². The number of furan rings is 1. The van der Waals surface area contributed by atoms with E-state index in [4.69, 9.17) is 4.42 Å². The summed E-state index contributed by atoms with van der Waals surface area (Å²) in [5, 5.41) is 7.12. The van der Waals surface area contributed by atoms with Crippen molar-refractivity contribution in [2.45, 2.75) is 19.3 Å². The first-order chi connectivity index (χ1) is 27.0. The number of rotatable bonds is 5. The summed E-state index contributed by atoms with van der Waals surface area (Å²) in [5.41, 5.74) is 15.2. The molecule has 2 nitrogen and oxygen atoms in total. The van der Waals surface area contributed by atoms with Gasteiger partial charge in [0, 0.05) is 38.6 Å². The van der Waals surface area contributed by atoms with Crippen LogP contribution in [0.15, 0.2) is 192 Å². The summed E-state index contributed by atoms with van der Waals surface area (Å²) < 4.78 is 6.54. The fourth-order valence-corrected chi connectivity index (χ4v) is 9.05. The largest absolute Gasteiger partial charge is 0.455 e. The SMILES string of the molecule is CC1(C)c2ccccc2-c2cc(N(c3ccc(-c4ccc5ccccc5c4)cc3)c3ccc(-c4cccc5oc6c7ccccc7ccc6c45)cc3)ccc21. The van der Waals surface area contributed by atoms with Crippen LogP contribution in [-0.2, 0) is 5.41 Å². The Labute approximate surface area is 320 Å². The molecule has 2 heteroatoms. The van der Waals surface area contributed by atoms with Crippen molar-refractivity contribution in [3.63, 3.8) is 0 Å². The van der Waals surface area contributed by atoms with Crippen LogP contribution >= 0.6 is 0 Å². The zero-order valence-corrected chi connectivity index (χ0v) is 30.8. The molecule has 0 radical (unpaired) electrons. The summed E-state index contributed by atoms with van der Waals surface area (Å²) in [6.07, 6.45) is 0. The lowest BCUT2D eigenvalue weighted by molar-refractivity contribution is 0.660. The van der Waals surface area contributed by atoms with Crippen LogP contribution < -0.4 is 4.90 Å². The van der Waals surface area contributed by atoms with Crippen LogP contribution in [0.3, 0.4) is 0 Å². The molecule has 0 unspecified atom stereocenters. The quantitative estimate of drug-likeness (QED) is 0.177. The summed E-state index contributed by atoms with van der Waals surface area (Å²) in [4.78, 5) is 2.39. The van der Waals surface area contributed by atoms with E-state index in [0.717, 1.165) is 50.0 Å². The van der Waals surface area contributed by atoms with Crippen molar-refractivity contribution in [2.75, 3.05) is 4.90 Å². The Hall–Kier alpha value is -6.90. The zero-order chi connectivity index (χ0) is 36.7. The van der Waals surface area contributed by atoms with Gasteiger partial charge < -0.3 is 9.32 Å². The van der Waals surface area contributed by atoms with Gasteiger partial charge in [-0.1, -0.05) is 147 Å². The van der Waals surface area contributed by atoms with Gasteiger partial charge in [0.25, 0.3) is 0 Å². The third-order valence-corrected chi connectivity index (χ3v) is 11.9. The van der Waals surface area contributed by atoms with Gasteiger partial charge in [0.2, 0.25) is 0 Å². The first-order valence-corrected chi connectivity index (χ1v) is 19.1. The van der Waals surface area contributed by atoms with Gasteiger partial charge >= 0.3 is 0 Å². The number of anilines is 3.